The van der Waals surface area contributed by atoms with E-state index in [9.17, 15) is 5.11 Å². The molecule has 1 heteroatoms. The van der Waals surface area contributed by atoms with Gasteiger partial charge in [-0.1, -0.05) is 40.7 Å². The maximum Gasteiger partial charge on any atom is 0.0744 e. The van der Waals surface area contributed by atoms with Crippen molar-refractivity contribution in [2.24, 2.45) is 11.3 Å². The summed E-state index contributed by atoms with van der Waals surface area (Å²) in [5.41, 5.74) is 1.53. The second-order valence-corrected chi connectivity index (χ2v) is 5.98. The molecule has 1 nitrogen and oxygen atoms in total. The molecule has 0 saturated carbocycles. The Bertz CT molecular complexity index is 198. The molecule has 90 valence electrons. The molecule has 0 aromatic rings. The lowest BCUT2D eigenvalue weighted by atomic mass is 9.84. The van der Waals surface area contributed by atoms with Crippen molar-refractivity contribution in [1.29, 1.82) is 0 Å². The van der Waals surface area contributed by atoms with Crippen molar-refractivity contribution in [3.05, 3.63) is 11.6 Å². The minimum absolute atomic E-state index is 0.244. The lowest BCUT2D eigenvalue weighted by molar-refractivity contribution is 0.205. The Morgan fingerprint density at radius 1 is 1.33 bits per heavy atom. The average Bonchev–Trinajstić information content (AvgIpc) is 2.10. The minimum atomic E-state index is -0.244. The standard InChI is InChI=1S/C14H28O/c1-7-13(15)12(3)9-8-11(2)10-14(4,5)6/h9,11,13,15H,7-8,10H2,1-6H3. The van der Waals surface area contributed by atoms with Gasteiger partial charge in [0.15, 0.2) is 0 Å². The van der Waals surface area contributed by atoms with E-state index in [1.54, 1.807) is 0 Å². The van der Waals surface area contributed by atoms with Gasteiger partial charge >= 0.3 is 0 Å². The molecule has 2 atom stereocenters. The second kappa shape index (κ2) is 6.32. The molecule has 0 spiro atoms. The first-order valence-corrected chi connectivity index (χ1v) is 6.11. The Balaban J connectivity index is 4.03. The SMILES string of the molecule is CCC(O)C(C)=CCC(C)CC(C)(C)C. The van der Waals surface area contributed by atoms with Gasteiger partial charge in [-0.2, -0.15) is 0 Å². The maximum atomic E-state index is 9.60. The van der Waals surface area contributed by atoms with Crippen LogP contribution in [0.5, 0.6) is 0 Å². The van der Waals surface area contributed by atoms with E-state index in [-0.39, 0.29) is 6.10 Å². The third-order valence-electron chi connectivity index (χ3n) is 2.72. The van der Waals surface area contributed by atoms with Crippen molar-refractivity contribution in [3.8, 4) is 0 Å². The lowest BCUT2D eigenvalue weighted by Crippen LogP contribution is -2.11. The first kappa shape index (κ1) is 14.7. The summed E-state index contributed by atoms with van der Waals surface area (Å²) in [4.78, 5) is 0. The molecule has 0 aliphatic heterocycles. The van der Waals surface area contributed by atoms with Crippen LogP contribution in [-0.2, 0) is 0 Å². The monoisotopic (exact) mass is 212 g/mol. The number of aliphatic hydroxyl groups is 1. The molecule has 0 heterocycles. The van der Waals surface area contributed by atoms with Crippen LogP contribution in [0.15, 0.2) is 11.6 Å². The Morgan fingerprint density at radius 3 is 2.27 bits per heavy atom. The maximum absolute atomic E-state index is 9.60. The van der Waals surface area contributed by atoms with Crippen LogP contribution in [0.4, 0.5) is 0 Å². The zero-order chi connectivity index (χ0) is 12.1. The number of allylic oxidation sites excluding steroid dienone is 1. The number of aliphatic hydroxyl groups excluding tert-OH is 1. The van der Waals surface area contributed by atoms with Crippen molar-refractivity contribution in [1.82, 2.24) is 0 Å². The van der Waals surface area contributed by atoms with E-state index < -0.39 is 0 Å². The highest BCUT2D eigenvalue weighted by molar-refractivity contribution is 5.04. The van der Waals surface area contributed by atoms with Crippen molar-refractivity contribution in [2.45, 2.75) is 66.9 Å². The molecular weight excluding hydrogens is 184 g/mol. The number of hydrogen-bond donors (Lipinski definition) is 1. The molecule has 0 aliphatic rings. The quantitative estimate of drug-likeness (QED) is 0.678. The van der Waals surface area contributed by atoms with E-state index >= 15 is 0 Å². The molecule has 0 aliphatic carbocycles. The normalized spacial score (nSPS) is 17.7. The molecule has 1 N–H and O–H groups in total. The molecule has 2 unspecified atom stereocenters. The van der Waals surface area contributed by atoms with E-state index in [2.05, 4.69) is 33.8 Å². The molecule has 0 aromatic carbocycles. The molecule has 0 radical (unpaired) electrons. The van der Waals surface area contributed by atoms with Gasteiger partial charge in [-0.15, -0.1) is 0 Å². The summed E-state index contributed by atoms with van der Waals surface area (Å²) in [6.07, 6.45) is 5.09. The fraction of sp³-hybridized carbons (Fsp3) is 0.857. The van der Waals surface area contributed by atoms with E-state index in [0.29, 0.717) is 11.3 Å². The smallest absolute Gasteiger partial charge is 0.0744 e. The van der Waals surface area contributed by atoms with Gasteiger partial charge in [0, 0.05) is 0 Å². The summed E-state index contributed by atoms with van der Waals surface area (Å²) in [6, 6.07) is 0. The van der Waals surface area contributed by atoms with Crippen molar-refractivity contribution < 1.29 is 5.11 Å². The predicted octanol–water partition coefficient (Wildman–Crippen LogP) is 4.17. The van der Waals surface area contributed by atoms with Crippen LogP contribution < -0.4 is 0 Å². The molecule has 0 bridgehead atoms. The molecule has 0 amide bonds. The van der Waals surface area contributed by atoms with Crippen LogP contribution in [0, 0.1) is 11.3 Å². The molecular formula is C14H28O. The van der Waals surface area contributed by atoms with Gasteiger partial charge in [0.25, 0.3) is 0 Å². The van der Waals surface area contributed by atoms with Gasteiger partial charge in [0.05, 0.1) is 6.10 Å². The lowest BCUT2D eigenvalue weighted by Gasteiger charge is -2.22. The van der Waals surface area contributed by atoms with Crippen LogP contribution in [-0.4, -0.2) is 11.2 Å². The van der Waals surface area contributed by atoms with Gasteiger partial charge in [-0.05, 0) is 43.1 Å². The third-order valence-corrected chi connectivity index (χ3v) is 2.72. The van der Waals surface area contributed by atoms with E-state index in [4.69, 9.17) is 0 Å². The minimum Gasteiger partial charge on any atom is -0.389 e. The Kier molecular flexibility index (Phi) is 6.19. The molecule has 0 fully saturated rings. The first-order valence-electron chi connectivity index (χ1n) is 6.11. The van der Waals surface area contributed by atoms with Gasteiger partial charge in [-0.3, -0.25) is 0 Å². The van der Waals surface area contributed by atoms with Crippen LogP contribution in [0.1, 0.15) is 60.8 Å². The molecule has 0 rings (SSSR count). The van der Waals surface area contributed by atoms with Gasteiger partial charge in [-0.25, -0.2) is 0 Å². The van der Waals surface area contributed by atoms with Gasteiger partial charge < -0.3 is 5.11 Å². The van der Waals surface area contributed by atoms with Gasteiger partial charge in [0.1, 0.15) is 0 Å². The molecule has 0 aromatic heterocycles. The zero-order valence-corrected chi connectivity index (χ0v) is 11.3. The predicted molar refractivity (Wildman–Crippen MR) is 67.9 cm³/mol. The van der Waals surface area contributed by atoms with E-state index in [1.807, 2.05) is 13.8 Å². The summed E-state index contributed by atoms with van der Waals surface area (Å²) >= 11 is 0. The van der Waals surface area contributed by atoms with E-state index in [1.165, 1.54) is 6.42 Å². The number of hydrogen-bond acceptors (Lipinski definition) is 1. The molecule has 15 heavy (non-hydrogen) atoms. The summed E-state index contributed by atoms with van der Waals surface area (Å²) in [5, 5.41) is 9.60. The summed E-state index contributed by atoms with van der Waals surface area (Å²) < 4.78 is 0. The highest BCUT2D eigenvalue weighted by atomic mass is 16.3. The van der Waals surface area contributed by atoms with Crippen molar-refractivity contribution in [2.75, 3.05) is 0 Å². The largest absolute Gasteiger partial charge is 0.389 e. The summed E-state index contributed by atoms with van der Waals surface area (Å²) in [6.45, 7) is 13.2. The summed E-state index contributed by atoms with van der Waals surface area (Å²) in [5.74, 6) is 0.698. The second-order valence-electron chi connectivity index (χ2n) is 5.98. The topological polar surface area (TPSA) is 20.2 Å². The Labute approximate surface area is 95.6 Å². The molecule has 0 saturated heterocycles. The van der Waals surface area contributed by atoms with Crippen LogP contribution in [0.2, 0.25) is 0 Å². The Hall–Kier alpha value is -0.300. The van der Waals surface area contributed by atoms with Gasteiger partial charge in [0.2, 0.25) is 0 Å². The van der Waals surface area contributed by atoms with Crippen molar-refractivity contribution >= 4 is 0 Å². The zero-order valence-electron chi connectivity index (χ0n) is 11.3. The van der Waals surface area contributed by atoms with Crippen LogP contribution in [0.25, 0.3) is 0 Å². The number of rotatable bonds is 5. The van der Waals surface area contributed by atoms with E-state index in [0.717, 1.165) is 18.4 Å². The highest BCUT2D eigenvalue weighted by Gasteiger charge is 2.14. The summed E-state index contributed by atoms with van der Waals surface area (Å²) in [7, 11) is 0. The highest BCUT2D eigenvalue weighted by Crippen LogP contribution is 2.26. The third kappa shape index (κ3) is 7.61. The Morgan fingerprint density at radius 2 is 1.87 bits per heavy atom. The fourth-order valence-electron chi connectivity index (χ4n) is 1.97. The van der Waals surface area contributed by atoms with Crippen LogP contribution in [0.3, 0.4) is 0 Å². The average molecular weight is 212 g/mol. The fourth-order valence-corrected chi connectivity index (χ4v) is 1.97. The van der Waals surface area contributed by atoms with Crippen molar-refractivity contribution in [3.63, 3.8) is 0 Å². The van der Waals surface area contributed by atoms with Crippen LogP contribution >= 0.6 is 0 Å². The first-order chi connectivity index (χ1) is 6.76.